The summed E-state index contributed by atoms with van der Waals surface area (Å²) in [5, 5.41) is 8.15. The summed E-state index contributed by atoms with van der Waals surface area (Å²) in [6.45, 7) is 3.68. The van der Waals surface area contributed by atoms with Crippen molar-refractivity contribution in [2.24, 2.45) is 0 Å². The molecule has 0 spiro atoms. The zero-order valence-corrected chi connectivity index (χ0v) is 22.1. The van der Waals surface area contributed by atoms with Gasteiger partial charge in [0.15, 0.2) is 0 Å². The van der Waals surface area contributed by atoms with E-state index in [1.165, 1.54) is 0 Å². The number of aromatic nitrogens is 4. The van der Waals surface area contributed by atoms with Gasteiger partial charge in [-0.2, -0.15) is 13.2 Å². The molecule has 1 atom stereocenters. The Balaban J connectivity index is 1.39. The normalized spacial score (nSPS) is 15.5. The number of nitrogen functional groups attached to an aromatic ring is 1. The smallest absolute Gasteiger partial charge is 0.382 e. The number of fused-ring (bicyclic) bond motifs is 1. The summed E-state index contributed by atoms with van der Waals surface area (Å²) in [5.74, 6) is 0.0922. The molecule has 14 heteroatoms. The molecule has 0 saturated carbocycles. The number of nitrogens with zero attached hydrogens (tertiary/aromatic N) is 5. The quantitative estimate of drug-likeness (QED) is 0.277. The van der Waals surface area contributed by atoms with Crippen molar-refractivity contribution in [1.29, 1.82) is 0 Å². The molecule has 11 nitrogen and oxygen atoms in total. The van der Waals surface area contributed by atoms with Crippen LogP contribution >= 0.6 is 0 Å². The Labute approximate surface area is 233 Å². The Bertz CT molecular complexity index is 1570. The van der Waals surface area contributed by atoms with Crippen LogP contribution < -0.4 is 26.6 Å². The van der Waals surface area contributed by atoms with Crippen LogP contribution in [0.3, 0.4) is 0 Å². The van der Waals surface area contributed by atoms with Crippen molar-refractivity contribution in [2.45, 2.75) is 32.0 Å². The molecular formula is C27H28F3N9O2. The molecule has 41 heavy (non-hydrogen) atoms. The van der Waals surface area contributed by atoms with Gasteiger partial charge in [0.05, 0.1) is 5.56 Å². The number of benzene rings is 1. The number of nitrogens with two attached hydrogens (primary N) is 1. The monoisotopic (exact) mass is 567 g/mol. The summed E-state index contributed by atoms with van der Waals surface area (Å²) in [7, 11) is 0. The first-order valence-electron chi connectivity index (χ1n) is 13.0. The number of hydrogen-bond donors (Lipinski definition) is 4. The molecule has 3 aromatic heterocycles. The molecule has 1 aromatic carbocycles. The van der Waals surface area contributed by atoms with Gasteiger partial charge >= 0.3 is 12.2 Å². The zero-order chi connectivity index (χ0) is 29.1. The highest BCUT2D eigenvalue weighted by Gasteiger charge is 2.31. The number of alkyl halides is 3. The first-order valence-corrected chi connectivity index (χ1v) is 13.0. The minimum absolute atomic E-state index is 0.0607. The Morgan fingerprint density at radius 1 is 1.12 bits per heavy atom. The van der Waals surface area contributed by atoms with Gasteiger partial charge in [-0.3, -0.25) is 9.20 Å². The fourth-order valence-electron chi connectivity index (χ4n) is 4.79. The third-order valence-electron chi connectivity index (χ3n) is 6.69. The molecule has 0 radical (unpaired) electrons. The van der Waals surface area contributed by atoms with Crippen LogP contribution in [0.15, 0.2) is 55.0 Å². The van der Waals surface area contributed by atoms with Crippen LogP contribution in [-0.2, 0) is 6.18 Å². The maximum atomic E-state index is 13.0. The van der Waals surface area contributed by atoms with Crippen molar-refractivity contribution >= 4 is 35.0 Å². The van der Waals surface area contributed by atoms with Gasteiger partial charge in [0.2, 0.25) is 5.95 Å². The van der Waals surface area contributed by atoms with E-state index in [2.05, 4.69) is 30.8 Å². The van der Waals surface area contributed by atoms with Crippen molar-refractivity contribution < 1.29 is 22.8 Å². The van der Waals surface area contributed by atoms with Crippen LogP contribution in [0, 0.1) is 0 Å². The van der Waals surface area contributed by atoms with E-state index in [1.54, 1.807) is 36.7 Å². The number of piperidine rings is 1. The first kappa shape index (κ1) is 27.7. The van der Waals surface area contributed by atoms with Crippen LogP contribution in [0.1, 0.15) is 35.7 Å². The first-order chi connectivity index (χ1) is 19.6. The molecule has 4 aromatic rings. The van der Waals surface area contributed by atoms with Crippen LogP contribution in [0.5, 0.6) is 0 Å². The lowest BCUT2D eigenvalue weighted by Crippen LogP contribution is -2.51. The lowest BCUT2D eigenvalue weighted by atomic mass is 10.1. The largest absolute Gasteiger partial charge is 0.416 e. The number of urea groups is 1. The number of amides is 3. The molecule has 0 bridgehead atoms. The molecule has 1 aliphatic heterocycles. The topological polar surface area (TPSA) is 143 Å². The molecule has 4 heterocycles. The van der Waals surface area contributed by atoms with Gasteiger partial charge < -0.3 is 26.6 Å². The molecule has 1 unspecified atom stereocenters. The van der Waals surface area contributed by atoms with Crippen molar-refractivity contribution in [2.75, 3.05) is 35.6 Å². The molecule has 5 rings (SSSR count). The summed E-state index contributed by atoms with van der Waals surface area (Å²) in [6, 6.07) is 7.79. The molecule has 0 aliphatic carbocycles. The lowest BCUT2D eigenvalue weighted by Gasteiger charge is -2.33. The number of halogens is 3. The summed E-state index contributed by atoms with van der Waals surface area (Å²) < 4.78 is 40.9. The van der Waals surface area contributed by atoms with Gasteiger partial charge in [-0.15, -0.1) is 0 Å². The Hall–Kier alpha value is -4.88. The van der Waals surface area contributed by atoms with Gasteiger partial charge in [0.25, 0.3) is 5.91 Å². The number of rotatable bonds is 6. The second-order valence-electron chi connectivity index (χ2n) is 9.54. The number of nitrogens with one attached hydrogen (secondary N) is 3. The van der Waals surface area contributed by atoms with E-state index >= 15 is 0 Å². The molecule has 5 N–H and O–H groups in total. The van der Waals surface area contributed by atoms with Gasteiger partial charge in [0.1, 0.15) is 22.8 Å². The second kappa shape index (κ2) is 11.3. The predicted molar refractivity (Wildman–Crippen MR) is 147 cm³/mol. The number of hydrogen-bond acceptors (Lipinski definition) is 7. The van der Waals surface area contributed by atoms with E-state index in [1.807, 2.05) is 11.3 Å². The summed E-state index contributed by atoms with van der Waals surface area (Å²) >= 11 is 0. The number of carbonyl (C=O) groups excluding carboxylic acids is 2. The van der Waals surface area contributed by atoms with Crippen LogP contribution in [0.25, 0.3) is 16.8 Å². The van der Waals surface area contributed by atoms with E-state index in [4.69, 9.17) is 10.7 Å². The van der Waals surface area contributed by atoms with Gasteiger partial charge in [0, 0.05) is 55.4 Å². The molecule has 1 aliphatic rings. The molecule has 1 saturated heterocycles. The van der Waals surface area contributed by atoms with Gasteiger partial charge in [-0.1, -0.05) is 12.1 Å². The van der Waals surface area contributed by atoms with E-state index in [0.29, 0.717) is 35.8 Å². The van der Waals surface area contributed by atoms with E-state index < -0.39 is 17.6 Å². The molecule has 1 fully saturated rings. The van der Waals surface area contributed by atoms with Gasteiger partial charge in [-0.25, -0.2) is 19.7 Å². The van der Waals surface area contributed by atoms with Crippen LogP contribution in [-0.4, -0.2) is 57.0 Å². The standard InChI is InChI=1S/C27H28F3N9O2/c1-2-32-25(41)35-19-4-3-12-38(15-19)26-37-21(22-23(31)34-11-13-39(22)26)16-5-7-17(8-6-16)24(40)36-20-14-18(9-10-33-20)27(28,29)30/h5-11,13-14,19H,2-4,12,15H2,1H3,(H2,31,34)(H2,32,35,41)(H,33,36,40). The predicted octanol–water partition coefficient (Wildman–Crippen LogP) is 3.93. The summed E-state index contributed by atoms with van der Waals surface area (Å²) in [4.78, 5) is 39.8. The number of pyridine rings is 1. The highest BCUT2D eigenvalue weighted by Crippen LogP contribution is 2.33. The average molecular weight is 568 g/mol. The fraction of sp³-hybridized carbons (Fsp3) is 0.296. The van der Waals surface area contributed by atoms with Crippen molar-refractivity contribution in [3.8, 4) is 11.3 Å². The second-order valence-corrected chi connectivity index (χ2v) is 9.54. The van der Waals surface area contributed by atoms with Crippen molar-refractivity contribution in [3.05, 3.63) is 66.1 Å². The Morgan fingerprint density at radius 2 is 1.90 bits per heavy atom. The SMILES string of the molecule is CCNC(=O)NC1CCCN(c2nc(-c3ccc(C(=O)Nc4cc(C(F)(F)F)ccn4)cc3)c3c(N)nccn23)C1. The third kappa shape index (κ3) is 6.00. The minimum Gasteiger partial charge on any atom is -0.382 e. The average Bonchev–Trinajstić information content (AvgIpc) is 3.34. The minimum atomic E-state index is -4.55. The molecular weight excluding hydrogens is 539 g/mol. The number of anilines is 3. The van der Waals surface area contributed by atoms with Crippen molar-refractivity contribution in [1.82, 2.24) is 30.0 Å². The Kier molecular flexibility index (Phi) is 7.64. The highest BCUT2D eigenvalue weighted by molar-refractivity contribution is 6.04. The summed E-state index contributed by atoms with van der Waals surface area (Å²) in [6.07, 6.45) is 1.48. The number of imidazole rings is 1. The van der Waals surface area contributed by atoms with Crippen LogP contribution in [0.4, 0.5) is 35.5 Å². The summed E-state index contributed by atoms with van der Waals surface area (Å²) in [5.41, 5.74) is 7.38. The number of carbonyl (C=O) groups is 2. The van der Waals surface area contributed by atoms with E-state index in [0.717, 1.165) is 37.7 Å². The zero-order valence-electron chi connectivity index (χ0n) is 22.1. The van der Waals surface area contributed by atoms with Crippen molar-refractivity contribution in [3.63, 3.8) is 0 Å². The maximum Gasteiger partial charge on any atom is 0.416 e. The van der Waals surface area contributed by atoms with E-state index in [-0.39, 0.29) is 29.3 Å². The van der Waals surface area contributed by atoms with Gasteiger partial charge in [-0.05, 0) is 44.0 Å². The highest BCUT2D eigenvalue weighted by atomic mass is 19.4. The molecule has 3 amide bonds. The maximum absolute atomic E-state index is 13.0. The Morgan fingerprint density at radius 3 is 2.63 bits per heavy atom. The van der Waals surface area contributed by atoms with E-state index in [9.17, 15) is 22.8 Å². The fourth-order valence-corrected chi connectivity index (χ4v) is 4.79. The van der Waals surface area contributed by atoms with Crippen LogP contribution in [0.2, 0.25) is 0 Å². The molecule has 214 valence electrons. The third-order valence-corrected chi connectivity index (χ3v) is 6.69. The lowest BCUT2D eigenvalue weighted by molar-refractivity contribution is -0.137.